The lowest BCUT2D eigenvalue weighted by Crippen LogP contribution is -2.47. The first kappa shape index (κ1) is 14.0. The average Bonchev–Trinajstić information content (AvgIpc) is 2.77. The topological polar surface area (TPSA) is 52.6 Å². The van der Waals surface area contributed by atoms with Gasteiger partial charge in [0, 0.05) is 12.6 Å². The maximum absolute atomic E-state index is 11.9. The minimum absolute atomic E-state index is 0.00961. The smallest absolute Gasteiger partial charge is 0.317 e. The molecule has 4 nitrogen and oxygen atoms in total. The number of hydrogen-bond acceptors (Lipinski definition) is 2. The summed E-state index contributed by atoms with van der Waals surface area (Å²) in [5, 5.41) is 12.1. The van der Waals surface area contributed by atoms with Gasteiger partial charge < -0.3 is 15.3 Å². The Morgan fingerprint density at radius 2 is 2.47 bits per heavy atom. The van der Waals surface area contributed by atoms with E-state index in [2.05, 4.69) is 11.9 Å². The number of aliphatic hydroxyl groups excluding tert-OH is 1. The monoisotopic (exact) mass is 240 g/mol. The maximum atomic E-state index is 11.9. The second-order valence-corrected chi connectivity index (χ2v) is 4.74. The molecule has 0 aromatic carbocycles. The van der Waals surface area contributed by atoms with Crippen molar-refractivity contribution in [3.8, 4) is 0 Å². The van der Waals surface area contributed by atoms with Crippen LogP contribution in [-0.4, -0.2) is 41.3 Å². The molecule has 0 aromatic rings. The second kappa shape index (κ2) is 7.33. The van der Waals surface area contributed by atoms with Gasteiger partial charge in [0.2, 0.25) is 0 Å². The maximum Gasteiger partial charge on any atom is 0.317 e. The van der Waals surface area contributed by atoms with Crippen LogP contribution in [0.5, 0.6) is 0 Å². The molecule has 1 rings (SSSR count). The number of nitrogens with one attached hydrogen (secondary N) is 1. The molecule has 0 radical (unpaired) electrons. The molecule has 1 aliphatic heterocycles. The van der Waals surface area contributed by atoms with E-state index in [1.165, 1.54) is 0 Å². The summed E-state index contributed by atoms with van der Waals surface area (Å²) in [6.07, 6.45) is 6.81. The van der Waals surface area contributed by atoms with Gasteiger partial charge in [-0.15, -0.1) is 6.58 Å². The molecule has 0 aliphatic carbocycles. The third-order valence-corrected chi connectivity index (χ3v) is 3.26. The van der Waals surface area contributed by atoms with Crippen molar-refractivity contribution in [2.24, 2.45) is 0 Å². The molecule has 1 unspecified atom stereocenters. The summed E-state index contributed by atoms with van der Waals surface area (Å²) in [6.45, 7) is 6.53. The van der Waals surface area contributed by atoms with Crippen molar-refractivity contribution in [2.45, 2.75) is 51.1 Å². The second-order valence-electron chi connectivity index (χ2n) is 4.74. The highest BCUT2D eigenvalue weighted by Gasteiger charge is 2.28. The molecule has 1 aliphatic rings. The van der Waals surface area contributed by atoms with Crippen LogP contribution in [0.25, 0.3) is 0 Å². The van der Waals surface area contributed by atoms with Crippen molar-refractivity contribution in [3.05, 3.63) is 12.7 Å². The number of carbonyl (C=O) groups excluding carboxylic acids is 1. The molecule has 98 valence electrons. The average molecular weight is 240 g/mol. The molecule has 1 heterocycles. The Morgan fingerprint density at radius 1 is 1.71 bits per heavy atom. The van der Waals surface area contributed by atoms with Crippen LogP contribution in [0.15, 0.2) is 12.7 Å². The largest absolute Gasteiger partial charge is 0.394 e. The minimum atomic E-state index is -0.0346. The van der Waals surface area contributed by atoms with Gasteiger partial charge in [-0.3, -0.25) is 0 Å². The van der Waals surface area contributed by atoms with Gasteiger partial charge >= 0.3 is 6.03 Å². The SMILES string of the molecule is C=CCCCC(C)NC(=O)N1CCC[C@H]1CO. The zero-order chi connectivity index (χ0) is 12.7. The Balaban J connectivity index is 2.30. The first-order valence-electron chi connectivity index (χ1n) is 6.48. The number of carbonyl (C=O) groups is 1. The molecule has 17 heavy (non-hydrogen) atoms. The molecular weight excluding hydrogens is 216 g/mol. The summed E-state index contributed by atoms with van der Waals surface area (Å²) in [5.74, 6) is 0. The number of nitrogens with zero attached hydrogens (tertiary/aromatic N) is 1. The van der Waals surface area contributed by atoms with E-state index in [4.69, 9.17) is 5.11 Å². The molecule has 4 heteroatoms. The summed E-state index contributed by atoms with van der Waals surface area (Å²) < 4.78 is 0. The summed E-state index contributed by atoms with van der Waals surface area (Å²) >= 11 is 0. The van der Waals surface area contributed by atoms with Crippen LogP contribution in [0, 0.1) is 0 Å². The van der Waals surface area contributed by atoms with Crippen LogP contribution < -0.4 is 5.32 Å². The van der Waals surface area contributed by atoms with Crippen molar-refractivity contribution in [2.75, 3.05) is 13.2 Å². The standard InChI is InChI=1S/C13H24N2O2/c1-3-4-5-7-11(2)14-13(17)15-9-6-8-12(15)10-16/h3,11-12,16H,1,4-10H2,2H3,(H,14,17)/t11?,12-/m0/s1. The van der Waals surface area contributed by atoms with E-state index in [-0.39, 0.29) is 24.7 Å². The Bertz CT molecular complexity index is 256. The molecule has 0 aromatic heterocycles. The predicted molar refractivity (Wildman–Crippen MR) is 68.9 cm³/mol. The number of hydrogen-bond donors (Lipinski definition) is 2. The van der Waals surface area contributed by atoms with Crippen molar-refractivity contribution in [1.29, 1.82) is 0 Å². The molecule has 0 bridgehead atoms. The number of aliphatic hydroxyl groups is 1. The molecular formula is C13H24N2O2. The molecule has 1 saturated heterocycles. The van der Waals surface area contributed by atoms with Gasteiger partial charge in [-0.2, -0.15) is 0 Å². The first-order valence-corrected chi connectivity index (χ1v) is 6.48. The Hall–Kier alpha value is -1.03. The number of rotatable bonds is 6. The molecule has 0 saturated carbocycles. The van der Waals surface area contributed by atoms with E-state index in [0.717, 1.165) is 38.6 Å². The fourth-order valence-corrected chi connectivity index (χ4v) is 2.23. The third-order valence-electron chi connectivity index (χ3n) is 3.26. The van der Waals surface area contributed by atoms with E-state index in [1.807, 2.05) is 13.0 Å². The number of unbranched alkanes of at least 4 members (excludes halogenated alkanes) is 1. The van der Waals surface area contributed by atoms with Crippen LogP contribution in [0.1, 0.15) is 39.0 Å². The number of allylic oxidation sites excluding steroid dienone is 1. The van der Waals surface area contributed by atoms with E-state index < -0.39 is 0 Å². The number of likely N-dealkylation sites (tertiary alicyclic amines) is 1. The zero-order valence-electron chi connectivity index (χ0n) is 10.7. The van der Waals surface area contributed by atoms with Gasteiger partial charge in [0.1, 0.15) is 0 Å². The van der Waals surface area contributed by atoms with Crippen molar-refractivity contribution in [1.82, 2.24) is 10.2 Å². The quantitative estimate of drug-likeness (QED) is 0.550. The normalized spacial score (nSPS) is 21.3. The minimum Gasteiger partial charge on any atom is -0.394 e. The summed E-state index contributed by atoms with van der Waals surface area (Å²) in [6, 6.07) is 0.158. The lowest BCUT2D eigenvalue weighted by atomic mass is 10.1. The van der Waals surface area contributed by atoms with Crippen LogP contribution >= 0.6 is 0 Å². The van der Waals surface area contributed by atoms with Crippen LogP contribution in [0.4, 0.5) is 4.79 Å². The van der Waals surface area contributed by atoms with Gasteiger partial charge in [0.05, 0.1) is 12.6 Å². The fraction of sp³-hybridized carbons (Fsp3) is 0.769. The van der Waals surface area contributed by atoms with Crippen molar-refractivity contribution >= 4 is 6.03 Å². The van der Waals surface area contributed by atoms with Gasteiger partial charge in [-0.25, -0.2) is 4.79 Å². The molecule has 2 atom stereocenters. The molecule has 2 N–H and O–H groups in total. The lowest BCUT2D eigenvalue weighted by Gasteiger charge is -2.25. The summed E-state index contributed by atoms with van der Waals surface area (Å²) in [7, 11) is 0. The highest BCUT2D eigenvalue weighted by atomic mass is 16.3. The number of urea groups is 1. The highest BCUT2D eigenvalue weighted by Crippen LogP contribution is 2.16. The van der Waals surface area contributed by atoms with Gasteiger partial charge in [-0.1, -0.05) is 6.08 Å². The first-order chi connectivity index (χ1) is 8.19. The van der Waals surface area contributed by atoms with Crippen molar-refractivity contribution < 1.29 is 9.90 Å². The highest BCUT2D eigenvalue weighted by molar-refractivity contribution is 5.75. The van der Waals surface area contributed by atoms with E-state index >= 15 is 0 Å². The fourth-order valence-electron chi connectivity index (χ4n) is 2.23. The van der Waals surface area contributed by atoms with Gasteiger partial charge in [0.15, 0.2) is 0 Å². The van der Waals surface area contributed by atoms with E-state index in [0.29, 0.717) is 0 Å². The van der Waals surface area contributed by atoms with Gasteiger partial charge in [0.25, 0.3) is 0 Å². The van der Waals surface area contributed by atoms with Crippen LogP contribution in [-0.2, 0) is 0 Å². The Labute approximate surface area is 104 Å². The van der Waals surface area contributed by atoms with Crippen molar-refractivity contribution in [3.63, 3.8) is 0 Å². The van der Waals surface area contributed by atoms with Gasteiger partial charge in [-0.05, 0) is 39.0 Å². The van der Waals surface area contributed by atoms with Crippen LogP contribution in [0.3, 0.4) is 0 Å². The summed E-state index contributed by atoms with van der Waals surface area (Å²) in [5.41, 5.74) is 0. The Kier molecular flexibility index (Phi) is 6.05. The molecule has 0 spiro atoms. The zero-order valence-corrected chi connectivity index (χ0v) is 10.7. The Morgan fingerprint density at radius 3 is 3.12 bits per heavy atom. The summed E-state index contributed by atoms with van der Waals surface area (Å²) in [4.78, 5) is 13.7. The predicted octanol–water partition coefficient (Wildman–Crippen LogP) is 1.90. The van der Waals surface area contributed by atoms with E-state index in [1.54, 1.807) is 4.90 Å². The number of amides is 2. The third kappa shape index (κ3) is 4.38. The molecule has 1 fully saturated rings. The van der Waals surface area contributed by atoms with Crippen LogP contribution in [0.2, 0.25) is 0 Å². The van der Waals surface area contributed by atoms with E-state index in [9.17, 15) is 4.79 Å². The molecule has 2 amide bonds. The lowest BCUT2D eigenvalue weighted by molar-refractivity contribution is 0.154.